The molecule has 78 valence electrons. The molecular weight excluding hydrogens is 179 g/mol. The fourth-order valence-corrected chi connectivity index (χ4v) is 1.59. The summed E-state index contributed by atoms with van der Waals surface area (Å²) in [7, 11) is 0. The molecule has 1 rings (SSSR count). The lowest BCUT2D eigenvalue weighted by Crippen LogP contribution is -2.12. The third-order valence-corrected chi connectivity index (χ3v) is 2.26. The third kappa shape index (κ3) is 2.81. The maximum absolute atomic E-state index is 13.7. The summed E-state index contributed by atoms with van der Waals surface area (Å²) in [5, 5.41) is 8.73. The Morgan fingerprint density at radius 2 is 1.93 bits per heavy atom. The Morgan fingerprint density at radius 3 is 2.50 bits per heavy atom. The van der Waals surface area contributed by atoms with Crippen LogP contribution in [0.25, 0.3) is 0 Å². The first-order chi connectivity index (χ1) is 6.55. The van der Waals surface area contributed by atoms with Crippen LogP contribution in [0.2, 0.25) is 0 Å². The van der Waals surface area contributed by atoms with Gasteiger partial charge in [-0.05, 0) is 37.8 Å². The molecule has 0 bridgehead atoms. The number of aryl methyl sites for hydroxylation is 1. The van der Waals surface area contributed by atoms with Crippen molar-refractivity contribution < 1.29 is 9.50 Å². The summed E-state index contributed by atoms with van der Waals surface area (Å²) in [5.74, 6) is 0. The minimum Gasteiger partial charge on any atom is -0.396 e. The molecule has 1 nitrogen and oxygen atoms in total. The minimum absolute atomic E-state index is 0.154. The van der Waals surface area contributed by atoms with E-state index in [4.69, 9.17) is 5.11 Å². The Labute approximate surface area is 84.6 Å². The number of aliphatic hydroxyl groups excluding tert-OH is 1. The lowest BCUT2D eigenvalue weighted by atomic mass is 9.92. The molecule has 0 aromatic heterocycles. The second-order valence-electron chi connectivity index (χ2n) is 3.96. The number of rotatable bonds is 4. The van der Waals surface area contributed by atoms with Gasteiger partial charge in [-0.2, -0.15) is 0 Å². The fraction of sp³-hybridized carbons (Fsp3) is 0.500. The highest BCUT2D eigenvalue weighted by molar-refractivity contribution is 5.31. The molecular formula is C12H17FO. The SMILES string of the molecule is CC(C)(F)c1ccccc1CCCO. The van der Waals surface area contributed by atoms with Crippen LogP contribution in [-0.4, -0.2) is 11.7 Å². The van der Waals surface area contributed by atoms with Gasteiger partial charge in [-0.25, -0.2) is 4.39 Å². The van der Waals surface area contributed by atoms with Crippen LogP contribution in [-0.2, 0) is 12.1 Å². The summed E-state index contributed by atoms with van der Waals surface area (Å²) >= 11 is 0. The summed E-state index contributed by atoms with van der Waals surface area (Å²) < 4.78 is 13.7. The zero-order valence-corrected chi connectivity index (χ0v) is 8.76. The summed E-state index contributed by atoms with van der Waals surface area (Å²) in [6, 6.07) is 7.49. The van der Waals surface area contributed by atoms with Crippen molar-refractivity contribution in [2.24, 2.45) is 0 Å². The number of alkyl halides is 1. The van der Waals surface area contributed by atoms with E-state index in [0.717, 1.165) is 17.5 Å². The second kappa shape index (κ2) is 4.56. The molecule has 1 aromatic rings. The number of hydrogen-bond acceptors (Lipinski definition) is 1. The fourth-order valence-electron chi connectivity index (χ4n) is 1.59. The van der Waals surface area contributed by atoms with Crippen LogP contribution in [0.5, 0.6) is 0 Å². The standard InChI is InChI=1S/C12H17FO/c1-12(2,13)11-8-4-3-6-10(11)7-5-9-14/h3-4,6,8,14H,5,7,9H2,1-2H3. The first kappa shape index (κ1) is 11.2. The third-order valence-electron chi connectivity index (χ3n) is 2.26. The van der Waals surface area contributed by atoms with Gasteiger partial charge in [-0.1, -0.05) is 24.3 Å². The molecule has 0 atom stereocenters. The Morgan fingerprint density at radius 1 is 1.29 bits per heavy atom. The van der Waals surface area contributed by atoms with Gasteiger partial charge in [-0.3, -0.25) is 0 Å². The molecule has 0 aliphatic rings. The van der Waals surface area contributed by atoms with Crippen molar-refractivity contribution in [2.75, 3.05) is 6.61 Å². The van der Waals surface area contributed by atoms with E-state index in [9.17, 15) is 4.39 Å². The van der Waals surface area contributed by atoms with Crippen molar-refractivity contribution in [3.05, 3.63) is 35.4 Å². The van der Waals surface area contributed by atoms with Crippen molar-refractivity contribution in [2.45, 2.75) is 32.4 Å². The topological polar surface area (TPSA) is 20.2 Å². The van der Waals surface area contributed by atoms with E-state index < -0.39 is 5.67 Å². The van der Waals surface area contributed by atoms with Gasteiger partial charge in [-0.15, -0.1) is 0 Å². The predicted molar refractivity (Wildman–Crippen MR) is 56.0 cm³/mol. The van der Waals surface area contributed by atoms with E-state index in [0.29, 0.717) is 6.42 Å². The van der Waals surface area contributed by atoms with Crippen LogP contribution >= 0.6 is 0 Å². The second-order valence-corrected chi connectivity index (χ2v) is 3.96. The zero-order valence-electron chi connectivity index (χ0n) is 8.76. The number of halogens is 1. The van der Waals surface area contributed by atoms with E-state index in [1.807, 2.05) is 24.3 Å². The first-order valence-corrected chi connectivity index (χ1v) is 4.94. The van der Waals surface area contributed by atoms with Crippen molar-refractivity contribution in [1.82, 2.24) is 0 Å². The van der Waals surface area contributed by atoms with Gasteiger partial charge >= 0.3 is 0 Å². The lowest BCUT2D eigenvalue weighted by Gasteiger charge is -2.18. The van der Waals surface area contributed by atoms with Crippen molar-refractivity contribution in [3.63, 3.8) is 0 Å². The average molecular weight is 196 g/mol. The van der Waals surface area contributed by atoms with Crippen LogP contribution in [0.15, 0.2) is 24.3 Å². The summed E-state index contributed by atoms with van der Waals surface area (Å²) in [6.07, 6.45) is 1.42. The number of benzene rings is 1. The summed E-state index contributed by atoms with van der Waals surface area (Å²) in [6.45, 7) is 3.27. The molecule has 0 amide bonds. The van der Waals surface area contributed by atoms with Crippen LogP contribution < -0.4 is 0 Å². The molecule has 0 heterocycles. The van der Waals surface area contributed by atoms with Crippen LogP contribution in [0.4, 0.5) is 4.39 Å². The monoisotopic (exact) mass is 196 g/mol. The maximum atomic E-state index is 13.7. The van der Waals surface area contributed by atoms with Crippen molar-refractivity contribution in [1.29, 1.82) is 0 Å². The van der Waals surface area contributed by atoms with E-state index in [1.165, 1.54) is 0 Å². The van der Waals surface area contributed by atoms with Gasteiger partial charge in [0.05, 0.1) is 0 Å². The number of hydrogen-bond donors (Lipinski definition) is 1. The molecule has 0 saturated heterocycles. The highest BCUT2D eigenvalue weighted by Gasteiger charge is 2.21. The highest BCUT2D eigenvalue weighted by Crippen LogP contribution is 2.28. The summed E-state index contributed by atoms with van der Waals surface area (Å²) in [5.41, 5.74) is 0.425. The van der Waals surface area contributed by atoms with Gasteiger partial charge < -0.3 is 5.11 Å². The van der Waals surface area contributed by atoms with E-state index >= 15 is 0 Å². The maximum Gasteiger partial charge on any atom is 0.130 e. The molecule has 0 fully saturated rings. The Hall–Kier alpha value is -0.890. The van der Waals surface area contributed by atoms with Gasteiger partial charge in [0.2, 0.25) is 0 Å². The molecule has 0 radical (unpaired) electrons. The molecule has 0 unspecified atom stereocenters. The van der Waals surface area contributed by atoms with Crippen LogP contribution in [0, 0.1) is 0 Å². The molecule has 0 saturated carbocycles. The zero-order chi connectivity index (χ0) is 10.6. The molecule has 14 heavy (non-hydrogen) atoms. The molecule has 1 aromatic carbocycles. The first-order valence-electron chi connectivity index (χ1n) is 4.94. The highest BCUT2D eigenvalue weighted by atomic mass is 19.1. The Kier molecular flexibility index (Phi) is 3.64. The average Bonchev–Trinajstić information content (AvgIpc) is 2.14. The van der Waals surface area contributed by atoms with Gasteiger partial charge in [0.15, 0.2) is 0 Å². The molecule has 0 aliphatic carbocycles. The minimum atomic E-state index is -1.30. The Balaban J connectivity index is 2.92. The lowest BCUT2D eigenvalue weighted by molar-refractivity contribution is 0.219. The normalized spacial score (nSPS) is 11.7. The van der Waals surface area contributed by atoms with Crippen molar-refractivity contribution in [3.8, 4) is 0 Å². The van der Waals surface area contributed by atoms with Crippen molar-refractivity contribution >= 4 is 0 Å². The van der Waals surface area contributed by atoms with Gasteiger partial charge in [0, 0.05) is 6.61 Å². The van der Waals surface area contributed by atoms with Gasteiger partial charge in [0.25, 0.3) is 0 Å². The quantitative estimate of drug-likeness (QED) is 0.785. The van der Waals surface area contributed by atoms with Crippen LogP contribution in [0.1, 0.15) is 31.4 Å². The molecule has 0 spiro atoms. The smallest absolute Gasteiger partial charge is 0.130 e. The predicted octanol–water partition coefficient (Wildman–Crippen LogP) is 2.82. The van der Waals surface area contributed by atoms with E-state index in [-0.39, 0.29) is 6.61 Å². The molecule has 1 N–H and O–H groups in total. The van der Waals surface area contributed by atoms with Gasteiger partial charge in [0.1, 0.15) is 5.67 Å². The van der Waals surface area contributed by atoms with Crippen LogP contribution in [0.3, 0.4) is 0 Å². The largest absolute Gasteiger partial charge is 0.396 e. The van der Waals surface area contributed by atoms with E-state index in [1.54, 1.807) is 13.8 Å². The molecule has 2 heteroatoms. The number of aliphatic hydroxyl groups is 1. The Bertz CT molecular complexity index is 289. The summed E-state index contributed by atoms with van der Waals surface area (Å²) in [4.78, 5) is 0. The van der Waals surface area contributed by atoms with E-state index in [2.05, 4.69) is 0 Å². The molecule has 0 aliphatic heterocycles.